The molecule has 0 bridgehead atoms. The van der Waals surface area contributed by atoms with E-state index in [9.17, 15) is 9.59 Å². The van der Waals surface area contributed by atoms with Crippen LogP contribution in [-0.4, -0.2) is 18.9 Å². The number of amides is 2. The van der Waals surface area contributed by atoms with Crippen LogP contribution >= 0.6 is 22.6 Å². The Balaban J connectivity index is 2.50. The van der Waals surface area contributed by atoms with Crippen molar-refractivity contribution in [3.05, 3.63) is 63.5 Å². The number of hydrogen-bond donors (Lipinski definition) is 0. The van der Waals surface area contributed by atoms with Crippen molar-refractivity contribution in [1.29, 1.82) is 0 Å². The third-order valence-electron chi connectivity index (χ3n) is 3.10. The highest BCUT2D eigenvalue weighted by Crippen LogP contribution is 2.29. The van der Waals surface area contributed by atoms with Crippen molar-refractivity contribution in [1.82, 2.24) is 0 Å². The van der Waals surface area contributed by atoms with Crippen LogP contribution in [0, 0.1) is 3.57 Å². The molecule has 2 rings (SSSR count). The number of rotatable bonds is 4. The molecule has 2 amide bonds. The van der Waals surface area contributed by atoms with Crippen molar-refractivity contribution in [3.8, 4) is 0 Å². The van der Waals surface area contributed by atoms with E-state index in [2.05, 4.69) is 29.2 Å². The first-order valence-corrected chi connectivity index (χ1v) is 7.30. The number of halogens is 1. The minimum absolute atomic E-state index is 0.287. The molecular weight excluding hydrogens is 381 g/mol. The molecule has 0 spiro atoms. The van der Waals surface area contributed by atoms with Crippen molar-refractivity contribution in [2.24, 2.45) is 0 Å². The van der Waals surface area contributed by atoms with Gasteiger partial charge in [-0.2, -0.15) is 0 Å². The van der Waals surface area contributed by atoms with E-state index in [-0.39, 0.29) is 17.4 Å². The summed E-state index contributed by atoms with van der Waals surface area (Å²) in [6.07, 6.45) is 2.97. The Morgan fingerprint density at radius 1 is 1.29 bits per heavy atom. The van der Waals surface area contributed by atoms with Gasteiger partial charge < -0.3 is 4.74 Å². The number of imide groups is 1. The quantitative estimate of drug-likeness (QED) is 0.447. The molecule has 0 unspecified atom stereocenters. The summed E-state index contributed by atoms with van der Waals surface area (Å²) < 4.78 is 6.01. The summed E-state index contributed by atoms with van der Waals surface area (Å²) >= 11 is 2.14. The summed E-state index contributed by atoms with van der Waals surface area (Å²) in [5.74, 6) is -0.185. The molecule has 21 heavy (non-hydrogen) atoms. The average molecular weight is 395 g/mol. The maximum Gasteiger partial charge on any atom is 0.266 e. The molecule has 5 heteroatoms. The van der Waals surface area contributed by atoms with Crippen molar-refractivity contribution < 1.29 is 14.3 Å². The Morgan fingerprint density at radius 3 is 2.52 bits per heavy atom. The summed E-state index contributed by atoms with van der Waals surface area (Å²) in [6, 6.07) is 7.22. The smallest absolute Gasteiger partial charge is 0.266 e. The first-order valence-electron chi connectivity index (χ1n) is 6.23. The van der Waals surface area contributed by atoms with Gasteiger partial charge in [0.25, 0.3) is 11.8 Å². The van der Waals surface area contributed by atoms with E-state index in [0.717, 1.165) is 8.47 Å². The molecule has 108 valence electrons. The third kappa shape index (κ3) is 2.92. The maximum atomic E-state index is 12.5. The third-order valence-corrected chi connectivity index (χ3v) is 3.77. The Labute approximate surface area is 136 Å². The molecule has 1 heterocycles. The summed E-state index contributed by atoms with van der Waals surface area (Å²) in [6.45, 7) is 5.35. The fourth-order valence-electron chi connectivity index (χ4n) is 2.01. The summed E-state index contributed by atoms with van der Waals surface area (Å²) in [5, 5.41) is 0. The summed E-state index contributed by atoms with van der Waals surface area (Å²) in [4.78, 5) is 26.1. The zero-order valence-corrected chi connectivity index (χ0v) is 13.9. The van der Waals surface area contributed by atoms with Gasteiger partial charge in [0.15, 0.2) is 0 Å². The highest BCUT2D eigenvalue weighted by molar-refractivity contribution is 14.1. The molecular formula is C16H14INO3. The molecule has 1 aliphatic heterocycles. The maximum absolute atomic E-state index is 12.5. The Morgan fingerprint density at radius 2 is 1.95 bits per heavy atom. The topological polar surface area (TPSA) is 46.6 Å². The SMILES string of the molecule is C=CC1=C(/C=C(\C)OC)C(=O)N(c2cccc(I)c2)C1=O. The zero-order valence-electron chi connectivity index (χ0n) is 11.7. The number of allylic oxidation sites excluding steroid dienone is 1. The lowest BCUT2D eigenvalue weighted by Gasteiger charge is -2.15. The summed E-state index contributed by atoms with van der Waals surface area (Å²) in [5.41, 5.74) is 1.14. The standard InChI is InChI=1S/C16H14INO3/c1-4-13-14(8-10(2)21-3)16(20)18(15(13)19)12-7-5-6-11(17)9-12/h4-9H,1H2,2-3H3/b10-8+. The number of hydrogen-bond acceptors (Lipinski definition) is 3. The van der Waals surface area contributed by atoms with Gasteiger partial charge in [-0.25, -0.2) is 4.90 Å². The predicted octanol–water partition coefficient (Wildman–Crippen LogP) is 3.20. The first-order chi connectivity index (χ1) is 9.99. The molecule has 1 aromatic rings. The van der Waals surface area contributed by atoms with E-state index in [1.165, 1.54) is 13.2 Å². The average Bonchev–Trinajstić information content (AvgIpc) is 2.69. The lowest BCUT2D eigenvalue weighted by Crippen LogP contribution is -2.31. The van der Waals surface area contributed by atoms with Crippen molar-refractivity contribution >= 4 is 40.1 Å². The molecule has 0 fully saturated rings. The van der Waals surface area contributed by atoms with E-state index in [1.54, 1.807) is 31.2 Å². The van der Waals surface area contributed by atoms with Crippen LogP contribution < -0.4 is 4.90 Å². The van der Waals surface area contributed by atoms with E-state index >= 15 is 0 Å². The van der Waals surface area contributed by atoms with Crippen LogP contribution in [0.3, 0.4) is 0 Å². The molecule has 0 radical (unpaired) electrons. The lowest BCUT2D eigenvalue weighted by molar-refractivity contribution is -0.120. The van der Waals surface area contributed by atoms with Crippen LogP contribution in [0.4, 0.5) is 5.69 Å². The summed E-state index contributed by atoms with van der Waals surface area (Å²) in [7, 11) is 1.51. The Bertz CT molecular complexity index is 689. The van der Waals surface area contributed by atoms with Crippen LogP contribution in [0.5, 0.6) is 0 Å². The van der Waals surface area contributed by atoms with Gasteiger partial charge in [0.05, 0.1) is 29.7 Å². The molecule has 0 aromatic heterocycles. The van der Waals surface area contributed by atoms with Gasteiger partial charge in [0.2, 0.25) is 0 Å². The van der Waals surface area contributed by atoms with Crippen LogP contribution in [-0.2, 0) is 14.3 Å². The zero-order chi connectivity index (χ0) is 15.6. The largest absolute Gasteiger partial charge is 0.501 e. The molecule has 0 aliphatic carbocycles. The Kier molecular flexibility index (Phi) is 4.62. The highest BCUT2D eigenvalue weighted by atomic mass is 127. The molecule has 0 atom stereocenters. The van der Waals surface area contributed by atoms with Gasteiger partial charge in [-0.3, -0.25) is 9.59 Å². The second-order valence-electron chi connectivity index (χ2n) is 4.42. The molecule has 0 saturated carbocycles. The van der Waals surface area contributed by atoms with E-state index in [4.69, 9.17) is 4.74 Å². The van der Waals surface area contributed by atoms with Gasteiger partial charge in [-0.05, 0) is 53.8 Å². The fraction of sp³-hybridized carbons (Fsp3) is 0.125. The van der Waals surface area contributed by atoms with E-state index in [0.29, 0.717) is 17.0 Å². The highest BCUT2D eigenvalue weighted by Gasteiger charge is 2.37. The second-order valence-corrected chi connectivity index (χ2v) is 5.66. The molecule has 0 saturated heterocycles. The number of anilines is 1. The number of carbonyl (C=O) groups excluding carboxylic acids is 2. The van der Waals surface area contributed by atoms with Crippen molar-refractivity contribution in [3.63, 3.8) is 0 Å². The normalized spacial score (nSPS) is 15.8. The van der Waals surface area contributed by atoms with Gasteiger partial charge in [0, 0.05) is 3.57 Å². The lowest BCUT2D eigenvalue weighted by atomic mass is 10.1. The van der Waals surface area contributed by atoms with Gasteiger partial charge in [-0.1, -0.05) is 18.7 Å². The van der Waals surface area contributed by atoms with E-state index < -0.39 is 0 Å². The van der Waals surface area contributed by atoms with Crippen LogP contribution in [0.1, 0.15) is 6.92 Å². The molecule has 1 aliphatic rings. The van der Waals surface area contributed by atoms with Crippen LogP contribution in [0.25, 0.3) is 0 Å². The van der Waals surface area contributed by atoms with Gasteiger partial charge >= 0.3 is 0 Å². The molecule has 4 nitrogen and oxygen atoms in total. The van der Waals surface area contributed by atoms with Gasteiger partial charge in [-0.15, -0.1) is 0 Å². The fourth-order valence-corrected chi connectivity index (χ4v) is 2.54. The van der Waals surface area contributed by atoms with Crippen LogP contribution in [0.2, 0.25) is 0 Å². The number of nitrogens with zero attached hydrogens (tertiary/aromatic N) is 1. The van der Waals surface area contributed by atoms with Crippen molar-refractivity contribution in [2.75, 3.05) is 12.0 Å². The number of carbonyl (C=O) groups is 2. The first kappa shape index (κ1) is 15.5. The number of benzene rings is 1. The molecule has 1 aromatic carbocycles. The minimum atomic E-state index is -0.368. The second kappa shape index (κ2) is 6.26. The minimum Gasteiger partial charge on any atom is -0.501 e. The monoisotopic (exact) mass is 395 g/mol. The van der Waals surface area contributed by atoms with E-state index in [1.807, 2.05) is 6.07 Å². The van der Waals surface area contributed by atoms with Crippen LogP contribution in [0.15, 0.2) is 59.9 Å². The predicted molar refractivity (Wildman–Crippen MR) is 89.6 cm³/mol. The number of ether oxygens (including phenoxy) is 1. The number of methoxy groups -OCH3 is 1. The molecule has 0 N–H and O–H groups in total. The van der Waals surface area contributed by atoms with Gasteiger partial charge in [0.1, 0.15) is 0 Å². The van der Waals surface area contributed by atoms with Crippen molar-refractivity contribution in [2.45, 2.75) is 6.92 Å². The Hall–Kier alpha value is -1.89.